The van der Waals surface area contributed by atoms with Crippen LogP contribution in [0.15, 0.2) is 17.1 Å². The van der Waals surface area contributed by atoms with E-state index in [0.29, 0.717) is 30.2 Å². The Morgan fingerprint density at radius 2 is 1.73 bits per heavy atom. The van der Waals surface area contributed by atoms with E-state index >= 15 is 0 Å². The van der Waals surface area contributed by atoms with Gasteiger partial charge < -0.3 is 14.8 Å². The van der Waals surface area contributed by atoms with Gasteiger partial charge >= 0.3 is 0 Å². The number of piperidine rings is 2. The molecule has 174 valence electrons. The Morgan fingerprint density at radius 3 is 2.52 bits per heavy atom. The number of hydrogen-bond acceptors (Lipinski definition) is 5. The third kappa shape index (κ3) is 4.30. The Balaban J connectivity index is 1.32. The molecule has 2 amide bonds. The van der Waals surface area contributed by atoms with Gasteiger partial charge in [0, 0.05) is 44.0 Å². The van der Waals surface area contributed by atoms with Crippen LogP contribution >= 0.6 is 0 Å². The van der Waals surface area contributed by atoms with E-state index in [-0.39, 0.29) is 28.9 Å². The van der Waals surface area contributed by atoms with Crippen LogP contribution in [0.25, 0.3) is 0 Å². The second-order valence-corrected chi connectivity index (χ2v) is 9.54. The number of aromatic amines is 1. The summed E-state index contributed by atoms with van der Waals surface area (Å²) in [5.41, 5.74) is 3.24. The number of carbonyl (C=O) groups excluding carboxylic acids is 2. The molecule has 2 saturated heterocycles. The Morgan fingerprint density at radius 1 is 0.970 bits per heavy atom. The van der Waals surface area contributed by atoms with Gasteiger partial charge in [0.25, 0.3) is 17.4 Å². The Kier molecular flexibility index (Phi) is 6.00. The van der Waals surface area contributed by atoms with Crippen LogP contribution in [0, 0.1) is 6.92 Å². The second kappa shape index (κ2) is 9.08. The molecule has 8 nitrogen and oxygen atoms in total. The molecule has 1 atom stereocenters. The van der Waals surface area contributed by atoms with E-state index in [1.807, 2.05) is 11.8 Å². The van der Waals surface area contributed by atoms with Crippen LogP contribution in [-0.4, -0.2) is 62.7 Å². The molecule has 5 rings (SSSR count). The smallest absolute Gasteiger partial charge is 0.261 e. The van der Waals surface area contributed by atoms with Crippen molar-refractivity contribution in [1.82, 2.24) is 24.8 Å². The van der Waals surface area contributed by atoms with Crippen molar-refractivity contribution in [1.29, 1.82) is 0 Å². The van der Waals surface area contributed by atoms with Crippen molar-refractivity contribution in [3.8, 4) is 0 Å². The third-order valence-corrected chi connectivity index (χ3v) is 7.26. The number of rotatable bonds is 3. The molecule has 2 aliphatic heterocycles. The zero-order valence-electron chi connectivity index (χ0n) is 19.2. The molecule has 2 aromatic heterocycles. The number of nitrogens with zero attached hydrogens (tertiary/aromatic N) is 4. The van der Waals surface area contributed by atoms with E-state index in [1.54, 1.807) is 17.2 Å². The molecule has 8 heteroatoms. The van der Waals surface area contributed by atoms with E-state index < -0.39 is 0 Å². The van der Waals surface area contributed by atoms with Gasteiger partial charge in [-0.3, -0.25) is 14.4 Å². The fourth-order valence-electron chi connectivity index (χ4n) is 5.37. The molecular weight excluding hydrogens is 418 g/mol. The highest BCUT2D eigenvalue weighted by Crippen LogP contribution is 2.27. The molecule has 0 saturated carbocycles. The lowest BCUT2D eigenvalue weighted by molar-refractivity contribution is 0.0702. The predicted molar refractivity (Wildman–Crippen MR) is 123 cm³/mol. The average Bonchev–Trinajstić information content (AvgIpc) is 3.30. The molecule has 0 aromatic carbocycles. The summed E-state index contributed by atoms with van der Waals surface area (Å²) in [4.78, 5) is 54.4. The number of likely N-dealkylation sites (tertiary alicyclic amines) is 2. The third-order valence-electron chi connectivity index (χ3n) is 7.26. The van der Waals surface area contributed by atoms with Crippen LogP contribution in [0.5, 0.6) is 0 Å². The van der Waals surface area contributed by atoms with Crippen molar-refractivity contribution in [2.24, 2.45) is 0 Å². The van der Waals surface area contributed by atoms with E-state index in [2.05, 4.69) is 15.0 Å². The topological polar surface area (TPSA) is 99.3 Å². The normalized spacial score (nSPS) is 20.6. The van der Waals surface area contributed by atoms with Crippen molar-refractivity contribution in [2.45, 2.75) is 64.2 Å². The number of pyridine rings is 1. The van der Waals surface area contributed by atoms with Crippen molar-refractivity contribution >= 4 is 11.8 Å². The van der Waals surface area contributed by atoms with E-state index in [4.69, 9.17) is 0 Å². The molecule has 0 unspecified atom stereocenters. The van der Waals surface area contributed by atoms with Gasteiger partial charge in [-0.25, -0.2) is 9.97 Å². The molecule has 1 N–H and O–H groups in total. The van der Waals surface area contributed by atoms with Gasteiger partial charge in [-0.1, -0.05) is 0 Å². The van der Waals surface area contributed by atoms with Gasteiger partial charge in [-0.2, -0.15) is 0 Å². The highest BCUT2D eigenvalue weighted by atomic mass is 16.2. The summed E-state index contributed by atoms with van der Waals surface area (Å²) in [6.07, 6.45) is 9.42. The van der Waals surface area contributed by atoms with Gasteiger partial charge in [0.05, 0.1) is 11.3 Å². The van der Waals surface area contributed by atoms with E-state index in [9.17, 15) is 14.4 Å². The summed E-state index contributed by atoms with van der Waals surface area (Å²) >= 11 is 0. The standard InChI is InChI=1S/C25H31N5O3/c1-16-20(25(33)29-10-3-2-4-11-29)14-26-22(27-16)18-8-6-12-30(15-18)24(32)19-13-17-7-5-9-21(17)28-23(19)31/h13-14,18H,2-12,15H2,1H3,(H,28,31)/t18-/m0/s1. The first-order chi connectivity index (χ1) is 16.0. The number of carbonyl (C=O) groups is 2. The SMILES string of the molecule is Cc1nc([C@H]2CCCN(C(=O)c3cc4c([nH]c3=O)CCC4)C2)ncc1C(=O)N1CCCCC1. The highest BCUT2D eigenvalue weighted by Gasteiger charge is 2.30. The van der Waals surface area contributed by atoms with E-state index in [0.717, 1.165) is 69.3 Å². The molecule has 1 aliphatic carbocycles. The first-order valence-corrected chi connectivity index (χ1v) is 12.2. The minimum atomic E-state index is -0.296. The summed E-state index contributed by atoms with van der Waals surface area (Å²) < 4.78 is 0. The maximum Gasteiger partial charge on any atom is 0.261 e. The number of fused-ring (bicyclic) bond motifs is 1. The minimum absolute atomic E-state index is 0.00551. The second-order valence-electron chi connectivity index (χ2n) is 9.54. The van der Waals surface area contributed by atoms with E-state index in [1.165, 1.54) is 6.42 Å². The Labute approximate surface area is 193 Å². The van der Waals surface area contributed by atoms with Crippen LogP contribution in [0.2, 0.25) is 0 Å². The van der Waals surface area contributed by atoms with Gasteiger partial charge in [-0.15, -0.1) is 0 Å². The molecule has 2 aromatic rings. The first-order valence-electron chi connectivity index (χ1n) is 12.2. The van der Waals surface area contributed by atoms with Gasteiger partial charge in [0.15, 0.2) is 0 Å². The molecule has 0 bridgehead atoms. The number of hydrogen-bond donors (Lipinski definition) is 1. The van der Waals surface area contributed by atoms with Crippen molar-refractivity contribution in [3.63, 3.8) is 0 Å². The molecule has 3 aliphatic rings. The largest absolute Gasteiger partial charge is 0.339 e. The Hall–Kier alpha value is -3.03. The average molecular weight is 450 g/mol. The maximum atomic E-state index is 13.2. The van der Waals surface area contributed by atoms with Gasteiger partial charge in [-0.05, 0) is 69.9 Å². The first kappa shape index (κ1) is 21.8. The highest BCUT2D eigenvalue weighted by molar-refractivity contribution is 5.95. The molecule has 0 radical (unpaired) electrons. The fourth-order valence-corrected chi connectivity index (χ4v) is 5.37. The summed E-state index contributed by atoms with van der Waals surface area (Å²) in [5.74, 6) is 0.455. The fraction of sp³-hybridized carbons (Fsp3) is 0.560. The van der Waals surface area contributed by atoms with Gasteiger partial charge in [0.1, 0.15) is 11.4 Å². The van der Waals surface area contributed by atoms with Gasteiger partial charge in [0.2, 0.25) is 0 Å². The zero-order valence-corrected chi connectivity index (χ0v) is 19.2. The number of amides is 2. The number of nitrogens with one attached hydrogen (secondary N) is 1. The monoisotopic (exact) mass is 449 g/mol. The minimum Gasteiger partial charge on any atom is -0.339 e. The summed E-state index contributed by atoms with van der Waals surface area (Å²) in [5, 5.41) is 0. The molecule has 33 heavy (non-hydrogen) atoms. The molecule has 4 heterocycles. The predicted octanol–water partition coefficient (Wildman–Crippen LogP) is 2.61. The quantitative estimate of drug-likeness (QED) is 0.777. The van der Waals surface area contributed by atoms with Crippen molar-refractivity contribution in [3.05, 3.63) is 56.5 Å². The summed E-state index contributed by atoms with van der Waals surface area (Å²) in [7, 11) is 0. The van der Waals surface area contributed by atoms with Crippen LogP contribution in [-0.2, 0) is 12.8 Å². The van der Waals surface area contributed by atoms with Crippen LogP contribution < -0.4 is 5.56 Å². The number of aromatic nitrogens is 3. The summed E-state index contributed by atoms with van der Waals surface area (Å²) in [6.45, 7) is 4.55. The zero-order chi connectivity index (χ0) is 22.9. The lowest BCUT2D eigenvalue weighted by Gasteiger charge is -2.32. The number of aryl methyl sites for hydroxylation is 3. The van der Waals surface area contributed by atoms with Crippen LogP contribution in [0.4, 0.5) is 0 Å². The van der Waals surface area contributed by atoms with Crippen LogP contribution in [0.1, 0.15) is 87.9 Å². The number of H-pyrrole nitrogens is 1. The lowest BCUT2D eigenvalue weighted by atomic mass is 9.96. The van der Waals surface area contributed by atoms with Crippen molar-refractivity contribution in [2.75, 3.05) is 26.2 Å². The van der Waals surface area contributed by atoms with Crippen LogP contribution in [0.3, 0.4) is 0 Å². The van der Waals surface area contributed by atoms with Crippen molar-refractivity contribution < 1.29 is 9.59 Å². The summed E-state index contributed by atoms with van der Waals surface area (Å²) in [6, 6.07) is 1.79. The molecular formula is C25H31N5O3. The molecule has 2 fully saturated rings. The Bertz CT molecular complexity index is 1140. The molecule has 0 spiro atoms. The lowest BCUT2D eigenvalue weighted by Crippen LogP contribution is -2.41. The maximum absolute atomic E-state index is 13.2.